The molecule has 1 aromatic heterocycles. The Morgan fingerprint density at radius 3 is 2.88 bits per heavy atom. The van der Waals surface area contributed by atoms with E-state index in [2.05, 4.69) is 21.0 Å². The first kappa shape index (κ1) is 14.6. The second-order valence-corrected chi connectivity index (χ2v) is 5.06. The highest BCUT2D eigenvalue weighted by Crippen LogP contribution is 2.25. The molecular formula is C11H20BrN3O2. The SMILES string of the molecule is COCCn1ncc(Br)c1C(O)CCN(C)C. The standard InChI is InChI=1S/C11H20BrN3O2/c1-14(2)5-4-10(16)11-9(12)8-13-15(11)6-7-17-3/h8,10,16H,4-7H2,1-3H3. The highest BCUT2D eigenvalue weighted by Gasteiger charge is 2.17. The number of aromatic nitrogens is 2. The van der Waals surface area contributed by atoms with Crippen LogP contribution in [0, 0.1) is 0 Å². The van der Waals surface area contributed by atoms with Crippen LogP contribution in [0.3, 0.4) is 0 Å². The molecule has 0 aliphatic rings. The van der Waals surface area contributed by atoms with Gasteiger partial charge in [-0.2, -0.15) is 5.10 Å². The van der Waals surface area contributed by atoms with Crippen molar-refractivity contribution in [2.45, 2.75) is 19.1 Å². The minimum Gasteiger partial charge on any atom is -0.387 e. The molecule has 0 amide bonds. The quantitative estimate of drug-likeness (QED) is 0.824. The fourth-order valence-corrected chi connectivity index (χ4v) is 2.14. The number of methoxy groups -OCH3 is 1. The summed E-state index contributed by atoms with van der Waals surface area (Å²) in [5, 5.41) is 14.4. The van der Waals surface area contributed by atoms with E-state index in [1.807, 2.05) is 19.0 Å². The summed E-state index contributed by atoms with van der Waals surface area (Å²) in [6.45, 7) is 2.07. The van der Waals surface area contributed by atoms with Crippen molar-refractivity contribution >= 4 is 15.9 Å². The summed E-state index contributed by atoms with van der Waals surface area (Å²) in [7, 11) is 5.63. The summed E-state index contributed by atoms with van der Waals surface area (Å²) in [5.41, 5.74) is 0.823. The molecule has 98 valence electrons. The largest absolute Gasteiger partial charge is 0.387 e. The number of halogens is 1. The molecule has 0 aliphatic heterocycles. The van der Waals surface area contributed by atoms with Gasteiger partial charge in [0.1, 0.15) is 0 Å². The summed E-state index contributed by atoms with van der Waals surface area (Å²) < 4.78 is 7.65. The van der Waals surface area contributed by atoms with Crippen LogP contribution in [0.25, 0.3) is 0 Å². The average molecular weight is 306 g/mol. The van der Waals surface area contributed by atoms with E-state index in [9.17, 15) is 5.11 Å². The molecule has 1 unspecified atom stereocenters. The van der Waals surface area contributed by atoms with E-state index < -0.39 is 6.10 Å². The molecule has 0 aliphatic carbocycles. The lowest BCUT2D eigenvalue weighted by atomic mass is 10.2. The summed E-state index contributed by atoms with van der Waals surface area (Å²) in [6.07, 6.45) is 1.89. The van der Waals surface area contributed by atoms with Gasteiger partial charge >= 0.3 is 0 Å². The van der Waals surface area contributed by atoms with Gasteiger partial charge in [0.25, 0.3) is 0 Å². The van der Waals surface area contributed by atoms with Crippen LogP contribution >= 0.6 is 15.9 Å². The minimum atomic E-state index is -0.508. The number of ether oxygens (including phenoxy) is 1. The van der Waals surface area contributed by atoms with E-state index in [0.717, 1.165) is 16.7 Å². The summed E-state index contributed by atoms with van der Waals surface area (Å²) in [6, 6.07) is 0. The third kappa shape index (κ3) is 4.39. The van der Waals surface area contributed by atoms with E-state index in [1.54, 1.807) is 18.0 Å². The molecule has 1 aromatic rings. The van der Waals surface area contributed by atoms with Gasteiger partial charge in [0, 0.05) is 13.7 Å². The maximum absolute atomic E-state index is 10.2. The third-order valence-corrected chi connectivity index (χ3v) is 3.12. The molecule has 1 N–H and O–H groups in total. The van der Waals surface area contributed by atoms with E-state index in [-0.39, 0.29) is 0 Å². The van der Waals surface area contributed by atoms with E-state index in [0.29, 0.717) is 19.6 Å². The Labute approximate surface area is 110 Å². The molecule has 17 heavy (non-hydrogen) atoms. The maximum atomic E-state index is 10.2. The first-order valence-electron chi connectivity index (χ1n) is 5.59. The monoisotopic (exact) mass is 305 g/mol. The van der Waals surface area contributed by atoms with Crippen molar-refractivity contribution < 1.29 is 9.84 Å². The summed E-state index contributed by atoms with van der Waals surface area (Å²) in [4.78, 5) is 2.05. The van der Waals surface area contributed by atoms with Crippen LogP contribution in [-0.2, 0) is 11.3 Å². The lowest BCUT2D eigenvalue weighted by molar-refractivity contribution is 0.136. The Balaban J connectivity index is 2.69. The van der Waals surface area contributed by atoms with Crippen LogP contribution in [0.15, 0.2) is 10.7 Å². The number of aliphatic hydroxyl groups excluding tert-OH is 1. The fourth-order valence-electron chi connectivity index (χ4n) is 1.58. The van der Waals surface area contributed by atoms with Gasteiger partial charge in [0.05, 0.1) is 35.6 Å². The Bertz CT molecular complexity index is 341. The van der Waals surface area contributed by atoms with Gasteiger partial charge in [-0.15, -0.1) is 0 Å². The summed E-state index contributed by atoms with van der Waals surface area (Å²) >= 11 is 3.42. The number of rotatable bonds is 7. The van der Waals surface area contributed by atoms with Gasteiger partial charge in [0.2, 0.25) is 0 Å². The van der Waals surface area contributed by atoms with E-state index in [1.165, 1.54) is 0 Å². The average Bonchev–Trinajstić information content (AvgIpc) is 2.64. The van der Waals surface area contributed by atoms with Gasteiger partial charge < -0.3 is 14.7 Å². The van der Waals surface area contributed by atoms with Gasteiger partial charge in [-0.25, -0.2) is 0 Å². The van der Waals surface area contributed by atoms with Crippen LogP contribution in [0.1, 0.15) is 18.2 Å². The molecule has 0 spiro atoms. The lowest BCUT2D eigenvalue weighted by Crippen LogP contribution is -2.18. The third-order valence-electron chi connectivity index (χ3n) is 2.51. The van der Waals surface area contributed by atoms with Crippen LogP contribution in [0.2, 0.25) is 0 Å². The summed E-state index contributed by atoms with van der Waals surface area (Å²) in [5.74, 6) is 0. The fraction of sp³-hybridized carbons (Fsp3) is 0.727. The predicted octanol–water partition coefficient (Wildman–Crippen LogP) is 1.28. The zero-order valence-electron chi connectivity index (χ0n) is 10.6. The Morgan fingerprint density at radius 1 is 1.59 bits per heavy atom. The molecule has 0 aromatic carbocycles. The zero-order chi connectivity index (χ0) is 12.8. The minimum absolute atomic E-state index is 0.508. The van der Waals surface area contributed by atoms with Gasteiger partial charge in [-0.05, 0) is 36.4 Å². The second-order valence-electron chi connectivity index (χ2n) is 4.20. The van der Waals surface area contributed by atoms with Crippen LogP contribution in [0.4, 0.5) is 0 Å². The molecule has 0 radical (unpaired) electrons. The van der Waals surface area contributed by atoms with Crippen LogP contribution in [-0.4, -0.2) is 54.1 Å². The number of aliphatic hydroxyl groups is 1. The normalized spacial score (nSPS) is 13.3. The van der Waals surface area contributed by atoms with E-state index >= 15 is 0 Å². The molecule has 6 heteroatoms. The Hall–Kier alpha value is -0.430. The number of hydrogen-bond donors (Lipinski definition) is 1. The highest BCUT2D eigenvalue weighted by molar-refractivity contribution is 9.10. The van der Waals surface area contributed by atoms with Crippen molar-refractivity contribution in [3.63, 3.8) is 0 Å². The van der Waals surface area contributed by atoms with Gasteiger partial charge in [0.15, 0.2) is 0 Å². The zero-order valence-corrected chi connectivity index (χ0v) is 12.1. The molecular weight excluding hydrogens is 286 g/mol. The van der Waals surface area contributed by atoms with Crippen molar-refractivity contribution in [3.8, 4) is 0 Å². The molecule has 0 fully saturated rings. The number of hydrogen-bond acceptors (Lipinski definition) is 4. The smallest absolute Gasteiger partial charge is 0.0980 e. The highest BCUT2D eigenvalue weighted by atomic mass is 79.9. The molecule has 1 heterocycles. The topological polar surface area (TPSA) is 50.5 Å². The molecule has 1 rings (SSSR count). The second kappa shape index (κ2) is 7.10. The Kier molecular flexibility index (Phi) is 6.11. The van der Waals surface area contributed by atoms with Crippen molar-refractivity contribution in [1.29, 1.82) is 0 Å². The van der Waals surface area contributed by atoms with Crippen molar-refractivity contribution in [3.05, 3.63) is 16.4 Å². The van der Waals surface area contributed by atoms with Crippen molar-refractivity contribution in [1.82, 2.24) is 14.7 Å². The first-order valence-corrected chi connectivity index (χ1v) is 6.38. The van der Waals surface area contributed by atoms with Crippen LogP contribution < -0.4 is 0 Å². The molecule has 0 bridgehead atoms. The molecule has 0 saturated carbocycles. The van der Waals surface area contributed by atoms with Gasteiger partial charge in [-0.3, -0.25) is 4.68 Å². The molecule has 1 atom stereocenters. The number of nitrogens with zero attached hydrogens (tertiary/aromatic N) is 3. The van der Waals surface area contributed by atoms with Crippen LogP contribution in [0.5, 0.6) is 0 Å². The van der Waals surface area contributed by atoms with Gasteiger partial charge in [-0.1, -0.05) is 0 Å². The van der Waals surface area contributed by atoms with Crippen molar-refractivity contribution in [2.24, 2.45) is 0 Å². The lowest BCUT2D eigenvalue weighted by Gasteiger charge is -2.16. The van der Waals surface area contributed by atoms with E-state index in [4.69, 9.17) is 4.74 Å². The Morgan fingerprint density at radius 2 is 2.29 bits per heavy atom. The molecule has 0 saturated heterocycles. The predicted molar refractivity (Wildman–Crippen MR) is 69.9 cm³/mol. The maximum Gasteiger partial charge on any atom is 0.0980 e. The molecule has 5 nitrogen and oxygen atoms in total. The van der Waals surface area contributed by atoms with Crippen molar-refractivity contribution in [2.75, 3.05) is 34.4 Å². The first-order chi connectivity index (χ1) is 8.06.